The predicted molar refractivity (Wildman–Crippen MR) is 88.9 cm³/mol. The summed E-state index contributed by atoms with van der Waals surface area (Å²) in [6.07, 6.45) is 5.61. The lowest BCUT2D eigenvalue weighted by molar-refractivity contribution is 0.0741. The SMILES string of the molecule is CCCCN(C(=O)c1cc(C)ccc1NCCC)C1CC1. The molecule has 3 nitrogen and oxygen atoms in total. The number of carbonyl (C=O) groups is 1. The van der Waals surface area contributed by atoms with Gasteiger partial charge < -0.3 is 10.2 Å². The van der Waals surface area contributed by atoms with E-state index in [-0.39, 0.29) is 5.91 Å². The van der Waals surface area contributed by atoms with Crippen LogP contribution in [0.2, 0.25) is 0 Å². The first-order valence-electron chi connectivity index (χ1n) is 8.32. The molecular weight excluding hydrogens is 260 g/mol. The predicted octanol–water partition coefficient (Wildman–Crippen LogP) is 4.22. The van der Waals surface area contributed by atoms with Gasteiger partial charge in [-0.15, -0.1) is 0 Å². The highest BCUT2D eigenvalue weighted by atomic mass is 16.2. The summed E-state index contributed by atoms with van der Waals surface area (Å²) in [6, 6.07) is 6.62. The van der Waals surface area contributed by atoms with Crippen molar-refractivity contribution in [1.82, 2.24) is 4.90 Å². The molecule has 2 rings (SSSR count). The van der Waals surface area contributed by atoms with Gasteiger partial charge in [-0.3, -0.25) is 4.79 Å². The van der Waals surface area contributed by atoms with Crippen LogP contribution in [0.3, 0.4) is 0 Å². The number of amides is 1. The van der Waals surface area contributed by atoms with E-state index < -0.39 is 0 Å². The average molecular weight is 288 g/mol. The lowest BCUT2D eigenvalue weighted by Crippen LogP contribution is -2.34. The second-order valence-corrected chi connectivity index (χ2v) is 6.06. The highest BCUT2D eigenvalue weighted by molar-refractivity contribution is 6.00. The van der Waals surface area contributed by atoms with Crippen LogP contribution < -0.4 is 5.32 Å². The molecule has 0 spiro atoms. The molecule has 0 radical (unpaired) electrons. The van der Waals surface area contributed by atoms with Crippen LogP contribution in [-0.4, -0.2) is 29.9 Å². The molecule has 0 heterocycles. The maximum absolute atomic E-state index is 13.0. The molecule has 1 N–H and O–H groups in total. The van der Waals surface area contributed by atoms with E-state index in [2.05, 4.69) is 30.1 Å². The fraction of sp³-hybridized carbons (Fsp3) is 0.611. The molecule has 1 fully saturated rings. The van der Waals surface area contributed by atoms with E-state index in [9.17, 15) is 4.79 Å². The maximum atomic E-state index is 13.0. The molecule has 21 heavy (non-hydrogen) atoms. The topological polar surface area (TPSA) is 32.3 Å². The van der Waals surface area contributed by atoms with Crippen LogP contribution in [0.1, 0.15) is 61.9 Å². The van der Waals surface area contributed by atoms with Crippen LogP contribution in [0.15, 0.2) is 18.2 Å². The Kier molecular flexibility index (Phi) is 5.66. The quantitative estimate of drug-likeness (QED) is 0.776. The molecule has 0 saturated heterocycles. The standard InChI is InChI=1S/C18H28N2O/c1-4-6-12-20(15-8-9-15)18(21)16-13-14(3)7-10-17(16)19-11-5-2/h7,10,13,15,19H,4-6,8-9,11-12H2,1-3H3. The number of carbonyl (C=O) groups excluding carboxylic acids is 1. The number of hydrogen-bond donors (Lipinski definition) is 1. The zero-order chi connectivity index (χ0) is 15.2. The van der Waals surface area contributed by atoms with Crippen molar-refractivity contribution in [3.63, 3.8) is 0 Å². The average Bonchev–Trinajstić information content (AvgIpc) is 3.31. The van der Waals surface area contributed by atoms with Crippen LogP contribution in [0.25, 0.3) is 0 Å². The summed E-state index contributed by atoms with van der Waals surface area (Å²) in [5.74, 6) is 0.202. The van der Waals surface area contributed by atoms with Gasteiger partial charge in [0.2, 0.25) is 0 Å². The lowest BCUT2D eigenvalue weighted by Gasteiger charge is -2.24. The first-order valence-corrected chi connectivity index (χ1v) is 8.32. The van der Waals surface area contributed by atoms with Gasteiger partial charge in [0.15, 0.2) is 0 Å². The Bertz CT molecular complexity index is 480. The molecule has 1 aliphatic rings. The minimum absolute atomic E-state index is 0.202. The zero-order valence-electron chi connectivity index (χ0n) is 13.6. The molecule has 1 aromatic rings. The Morgan fingerprint density at radius 3 is 2.67 bits per heavy atom. The smallest absolute Gasteiger partial charge is 0.256 e. The molecule has 0 bridgehead atoms. The summed E-state index contributed by atoms with van der Waals surface area (Å²) >= 11 is 0. The van der Waals surface area contributed by atoms with Crippen molar-refractivity contribution in [2.75, 3.05) is 18.4 Å². The van der Waals surface area contributed by atoms with Crippen molar-refractivity contribution >= 4 is 11.6 Å². The molecule has 1 aliphatic carbocycles. The summed E-state index contributed by atoms with van der Waals surface area (Å²) in [5, 5.41) is 3.39. The molecule has 0 atom stereocenters. The number of nitrogens with zero attached hydrogens (tertiary/aromatic N) is 1. The second-order valence-electron chi connectivity index (χ2n) is 6.06. The first kappa shape index (κ1) is 15.9. The number of anilines is 1. The van der Waals surface area contributed by atoms with Gasteiger partial charge in [-0.2, -0.15) is 0 Å². The Balaban J connectivity index is 2.20. The molecular formula is C18H28N2O. The molecule has 3 heteroatoms. The Hall–Kier alpha value is -1.51. The molecule has 1 aromatic carbocycles. The highest BCUT2D eigenvalue weighted by Crippen LogP contribution is 2.30. The number of hydrogen-bond acceptors (Lipinski definition) is 2. The second kappa shape index (κ2) is 7.48. The number of rotatable bonds is 8. The molecule has 0 aromatic heterocycles. The first-order chi connectivity index (χ1) is 10.2. The summed E-state index contributed by atoms with van der Waals surface area (Å²) in [4.78, 5) is 15.0. The fourth-order valence-electron chi connectivity index (χ4n) is 2.57. The van der Waals surface area contributed by atoms with Gasteiger partial charge in [-0.05, 0) is 44.7 Å². The summed E-state index contributed by atoms with van der Waals surface area (Å²) in [6.45, 7) is 8.16. The van der Waals surface area contributed by atoms with E-state index >= 15 is 0 Å². The van der Waals surface area contributed by atoms with E-state index in [0.29, 0.717) is 6.04 Å². The van der Waals surface area contributed by atoms with Gasteiger partial charge in [0.1, 0.15) is 0 Å². The van der Waals surface area contributed by atoms with E-state index in [4.69, 9.17) is 0 Å². The van der Waals surface area contributed by atoms with Crippen molar-refractivity contribution in [2.45, 2.75) is 58.9 Å². The maximum Gasteiger partial charge on any atom is 0.256 e. The third-order valence-corrected chi connectivity index (χ3v) is 3.97. The van der Waals surface area contributed by atoms with Gasteiger partial charge in [0.25, 0.3) is 5.91 Å². The third-order valence-electron chi connectivity index (χ3n) is 3.97. The monoisotopic (exact) mass is 288 g/mol. The summed E-state index contributed by atoms with van der Waals surface area (Å²) < 4.78 is 0. The number of benzene rings is 1. The van der Waals surface area contributed by atoms with Crippen LogP contribution in [0, 0.1) is 6.92 Å². The number of nitrogens with one attached hydrogen (secondary N) is 1. The van der Waals surface area contributed by atoms with Gasteiger partial charge >= 0.3 is 0 Å². The third kappa shape index (κ3) is 4.23. The number of unbranched alkanes of at least 4 members (excludes halogenated alkanes) is 1. The van der Waals surface area contributed by atoms with Crippen molar-refractivity contribution in [2.24, 2.45) is 0 Å². The van der Waals surface area contributed by atoms with Gasteiger partial charge in [-0.1, -0.05) is 31.9 Å². The lowest BCUT2D eigenvalue weighted by atomic mass is 10.1. The van der Waals surface area contributed by atoms with Crippen molar-refractivity contribution in [3.05, 3.63) is 29.3 Å². The van der Waals surface area contributed by atoms with Crippen molar-refractivity contribution in [1.29, 1.82) is 0 Å². The van der Waals surface area contributed by atoms with Crippen molar-refractivity contribution in [3.8, 4) is 0 Å². The zero-order valence-corrected chi connectivity index (χ0v) is 13.6. The van der Waals surface area contributed by atoms with Gasteiger partial charge in [0.05, 0.1) is 5.56 Å². The van der Waals surface area contributed by atoms with E-state index in [1.54, 1.807) is 0 Å². The van der Waals surface area contributed by atoms with Crippen LogP contribution in [-0.2, 0) is 0 Å². The van der Waals surface area contributed by atoms with Gasteiger partial charge in [-0.25, -0.2) is 0 Å². The fourth-order valence-corrected chi connectivity index (χ4v) is 2.57. The van der Waals surface area contributed by atoms with Crippen LogP contribution in [0.4, 0.5) is 5.69 Å². The van der Waals surface area contributed by atoms with Crippen LogP contribution >= 0.6 is 0 Å². The minimum atomic E-state index is 0.202. The molecule has 1 amide bonds. The number of aryl methyl sites for hydroxylation is 1. The Morgan fingerprint density at radius 1 is 1.29 bits per heavy atom. The van der Waals surface area contributed by atoms with E-state index in [0.717, 1.165) is 49.2 Å². The largest absolute Gasteiger partial charge is 0.384 e. The van der Waals surface area contributed by atoms with E-state index in [1.807, 2.05) is 19.1 Å². The molecule has 0 aliphatic heterocycles. The van der Waals surface area contributed by atoms with Gasteiger partial charge in [0, 0.05) is 24.8 Å². The Labute approximate surface area is 128 Å². The summed E-state index contributed by atoms with van der Waals surface area (Å²) in [5.41, 5.74) is 2.97. The minimum Gasteiger partial charge on any atom is -0.384 e. The molecule has 116 valence electrons. The van der Waals surface area contributed by atoms with E-state index in [1.165, 1.54) is 12.8 Å². The molecule has 1 saturated carbocycles. The summed E-state index contributed by atoms with van der Waals surface area (Å²) in [7, 11) is 0. The molecule has 0 unspecified atom stereocenters. The highest BCUT2D eigenvalue weighted by Gasteiger charge is 2.33. The van der Waals surface area contributed by atoms with Crippen molar-refractivity contribution < 1.29 is 4.79 Å². The Morgan fingerprint density at radius 2 is 2.05 bits per heavy atom. The van der Waals surface area contributed by atoms with Crippen LogP contribution in [0.5, 0.6) is 0 Å². The normalized spacial score (nSPS) is 14.0.